The fourth-order valence-electron chi connectivity index (χ4n) is 2.68. The lowest BCUT2D eigenvalue weighted by molar-refractivity contribution is 0.102. The molecule has 2 aromatic heterocycles. The Hall–Kier alpha value is -3.73. The van der Waals surface area contributed by atoms with Gasteiger partial charge in [-0.1, -0.05) is 42.5 Å². The first-order chi connectivity index (χ1) is 12.8. The molecule has 0 bridgehead atoms. The van der Waals surface area contributed by atoms with Gasteiger partial charge in [0, 0.05) is 23.6 Å². The lowest BCUT2D eigenvalue weighted by Gasteiger charge is -2.06. The molecule has 0 spiro atoms. The molecule has 0 saturated carbocycles. The molecule has 4 aromatic rings. The quantitative estimate of drug-likeness (QED) is 0.579. The van der Waals surface area contributed by atoms with Crippen molar-refractivity contribution in [2.45, 2.75) is 0 Å². The molecular formula is C21H16N4O. The van der Waals surface area contributed by atoms with Crippen LogP contribution in [0.25, 0.3) is 22.6 Å². The van der Waals surface area contributed by atoms with Gasteiger partial charge in [-0.2, -0.15) is 0 Å². The van der Waals surface area contributed by atoms with E-state index in [-0.39, 0.29) is 5.91 Å². The zero-order valence-electron chi connectivity index (χ0n) is 13.9. The van der Waals surface area contributed by atoms with Crippen LogP contribution in [0.2, 0.25) is 0 Å². The zero-order chi connectivity index (χ0) is 17.8. The van der Waals surface area contributed by atoms with Crippen LogP contribution in [0.3, 0.4) is 0 Å². The summed E-state index contributed by atoms with van der Waals surface area (Å²) in [5.74, 6) is 0.556. The van der Waals surface area contributed by atoms with E-state index in [4.69, 9.17) is 0 Å². The highest BCUT2D eigenvalue weighted by atomic mass is 16.1. The first-order valence-electron chi connectivity index (χ1n) is 8.22. The first kappa shape index (κ1) is 15.8. The molecule has 0 atom stereocenters. The molecular weight excluding hydrogens is 324 g/mol. The van der Waals surface area contributed by atoms with Gasteiger partial charge >= 0.3 is 0 Å². The molecule has 1 amide bonds. The van der Waals surface area contributed by atoms with E-state index in [0.29, 0.717) is 11.3 Å². The molecule has 0 aliphatic heterocycles. The van der Waals surface area contributed by atoms with Crippen molar-refractivity contribution in [1.29, 1.82) is 0 Å². The van der Waals surface area contributed by atoms with Crippen LogP contribution in [0.1, 0.15) is 10.4 Å². The first-order valence-corrected chi connectivity index (χ1v) is 8.22. The smallest absolute Gasteiger partial charge is 0.257 e. The van der Waals surface area contributed by atoms with Crippen molar-refractivity contribution < 1.29 is 4.79 Å². The van der Waals surface area contributed by atoms with Gasteiger partial charge in [0.15, 0.2) is 0 Å². The van der Waals surface area contributed by atoms with Crippen molar-refractivity contribution in [3.05, 3.63) is 90.9 Å². The number of H-pyrrole nitrogens is 1. The Kier molecular flexibility index (Phi) is 4.26. The summed E-state index contributed by atoms with van der Waals surface area (Å²) < 4.78 is 0. The van der Waals surface area contributed by atoms with Crippen molar-refractivity contribution in [1.82, 2.24) is 15.0 Å². The van der Waals surface area contributed by atoms with Crippen LogP contribution >= 0.6 is 0 Å². The van der Waals surface area contributed by atoms with E-state index in [9.17, 15) is 4.79 Å². The van der Waals surface area contributed by atoms with Crippen LogP contribution < -0.4 is 5.32 Å². The Bertz CT molecular complexity index is 1030. The SMILES string of the molecule is O=C(Nc1cccc(-c2ncc(-c3ccccc3)[nH]2)c1)c1cccnc1. The second kappa shape index (κ2) is 7.03. The minimum Gasteiger partial charge on any atom is -0.338 e. The average Bonchev–Trinajstić information content (AvgIpc) is 3.20. The lowest BCUT2D eigenvalue weighted by Crippen LogP contribution is -2.11. The normalized spacial score (nSPS) is 10.5. The number of anilines is 1. The number of aromatic nitrogens is 3. The van der Waals surface area contributed by atoms with Crippen LogP contribution in [0, 0.1) is 0 Å². The number of amides is 1. The van der Waals surface area contributed by atoms with Crippen LogP contribution in [0.5, 0.6) is 0 Å². The highest BCUT2D eigenvalue weighted by Crippen LogP contribution is 2.24. The van der Waals surface area contributed by atoms with Gasteiger partial charge in [0.25, 0.3) is 5.91 Å². The number of imidazole rings is 1. The summed E-state index contributed by atoms with van der Waals surface area (Å²) in [6.45, 7) is 0. The predicted octanol–water partition coefficient (Wildman–Crippen LogP) is 4.39. The van der Waals surface area contributed by atoms with Gasteiger partial charge in [-0.3, -0.25) is 9.78 Å². The Morgan fingerprint density at radius 1 is 0.885 bits per heavy atom. The molecule has 2 heterocycles. The lowest BCUT2D eigenvalue weighted by atomic mass is 10.1. The minimum atomic E-state index is -0.195. The van der Waals surface area contributed by atoms with Crippen LogP contribution in [-0.4, -0.2) is 20.9 Å². The van der Waals surface area contributed by atoms with Gasteiger partial charge in [-0.25, -0.2) is 4.98 Å². The number of nitrogens with one attached hydrogen (secondary N) is 2. The van der Waals surface area contributed by atoms with E-state index in [2.05, 4.69) is 20.3 Å². The summed E-state index contributed by atoms with van der Waals surface area (Å²) in [5, 5.41) is 2.89. The van der Waals surface area contributed by atoms with Gasteiger partial charge in [-0.15, -0.1) is 0 Å². The fourth-order valence-corrected chi connectivity index (χ4v) is 2.68. The summed E-state index contributed by atoms with van der Waals surface area (Å²) in [4.78, 5) is 24.0. The Morgan fingerprint density at radius 3 is 2.54 bits per heavy atom. The van der Waals surface area contributed by atoms with Crippen molar-refractivity contribution in [3.63, 3.8) is 0 Å². The van der Waals surface area contributed by atoms with Gasteiger partial charge in [0.2, 0.25) is 0 Å². The fraction of sp³-hybridized carbons (Fsp3) is 0. The van der Waals surface area contributed by atoms with Crippen LogP contribution in [-0.2, 0) is 0 Å². The number of rotatable bonds is 4. The van der Waals surface area contributed by atoms with E-state index < -0.39 is 0 Å². The second-order valence-electron chi connectivity index (χ2n) is 5.79. The Balaban J connectivity index is 1.57. The monoisotopic (exact) mass is 340 g/mol. The maximum absolute atomic E-state index is 12.3. The number of carbonyl (C=O) groups is 1. The van der Waals surface area contributed by atoms with Crippen LogP contribution in [0.4, 0.5) is 5.69 Å². The minimum absolute atomic E-state index is 0.195. The number of pyridine rings is 1. The second-order valence-corrected chi connectivity index (χ2v) is 5.79. The zero-order valence-corrected chi connectivity index (χ0v) is 13.9. The maximum atomic E-state index is 12.3. The molecule has 5 heteroatoms. The van der Waals surface area contributed by atoms with E-state index in [1.165, 1.54) is 6.20 Å². The van der Waals surface area contributed by atoms with E-state index in [1.807, 2.05) is 60.8 Å². The number of hydrogen-bond donors (Lipinski definition) is 2. The molecule has 126 valence electrons. The van der Waals surface area contributed by atoms with Crippen molar-refractivity contribution in [2.24, 2.45) is 0 Å². The van der Waals surface area contributed by atoms with Gasteiger partial charge < -0.3 is 10.3 Å². The molecule has 2 N–H and O–H groups in total. The molecule has 0 fully saturated rings. The summed E-state index contributed by atoms with van der Waals surface area (Å²) in [6.07, 6.45) is 4.99. The number of aromatic amines is 1. The molecule has 0 saturated heterocycles. The van der Waals surface area contributed by atoms with E-state index >= 15 is 0 Å². The number of hydrogen-bond acceptors (Lipinski definition) is 3. The van der Waals surface area contributed by atoms with Gasteiger partial charge in [-0.05, 0) is 29.8 Å². The standard InChI is InChI=1S/C21H16N4O/c26-21(17-9-5-11-22-13-17)24-18-10-4-8-16(12-18)20-23-14-19(25-20)15-6-2-1-3-7-15/h1-14H,(H,23,25)(H,24,26). The van der Waals surface area contributed by atoms with Gasteiger partial charge in [0.1, 0.15) is 5.82 Å². The van der Waals surface area contributed by atoms with Crippen LogP contribution in [0.15, 0.2) is 85.3 Å². The summed E-state index contributed by atoms with van der Waals surface area (Å²) >= 11 is 0. The topological polar surface area (TPSA) is 70.7 Å². The highest BCUT2D eigenvalue weighted by molar-refractivity contribution is 6.04. The van der Waals surface area contributed by atoms with Crippen molar-refractivity contribution >= 4 is 11.6 Å². The molecule has 0 aliphatic rings. The molecule has 0 aliphatic carbocycles. The Morgan fingerprint density at radius 2 is 1.73 bits per heavy atom. The molecule has 5 nitrogen and oxygen atoms in total. The van der Waals surface area contributed by atoms with Crippen molar-refractivity contribution in [3.8, 4) is 22.6 Å². The molecule has 26 heavy (non-hydrogen) atoms. The Labute approximate surface area is 150 Å². The molecule has 4 rings (SSSR count). The third-order valence-corrected chi connectivity index (χ3v) is 3.98. The maximum Gasteiger partial charge on any atom is 0.257 e. The average molecular weight is 340 g/mol. The largest absolute Gasteiger partial charge is 0.338 e. The molecule has 0 radical (unpaired) electrons. The van der Waals surface area contributed by atoms with E-state index in [0.717, 1.165) is 22.6 Å². The summed E-state index contributed by atoms with van der Waals surface area (Å²) in [7, 11) is 0. The number of benzene rings is 2. The third-order valence-electron chi connectivity index (χ3n) is 3.98. The summed E-state index contributed by atoms with van der Waals surface area (Å²) in [6, 6.07) is 21.1. The number of nitrogens with zero attached hydrogens (tertiary/aromatic N) is 2. The third kappa shape index (κ3) is 3.37. The highest BCUT2D eigenvalue weighted by Gasteiger charge is 2.09. The van der Waals surface area contributed by atoms with Crippen molar-refractivity contribution in [2.75, 3.05) is 5.32 Å². The number of carbonyl (C=O) groups excluding carboxylic acids is 1. The summed E-state index contributed by atoms with van der Waals surface area (Å²) in [5.41, 5.74) is 4.14. The van der Waals surface area contributed by atoms with E-state index in [1.54, 1.807) is 18.3 Å². The molecule has 2 aromatic carbocycles. The predicted molar refractivity (Wildman–Crippen MR) is 102 cm³/mol. The van der Waals surface area contributed by atoms with Gasteiger partial charge in [0.05, 0.1) is 17.5 Å². The molecule has 0 unspecified atom stereocenters.